The topological polar surface area (TPSA) is 68.9 Å². The number of likely N-dealkylation sites (N-methyl/N-ethyl adjacent to an activating group) is 2. The van der Waals surface area contributed by atoms with E-state index in [0.717, 1.165) is 38.4 Å². The van der Waals surface area contributed by atoms with Crippen molar-refractivity contribution in [2.24, 2.45) is 0 Å². The van der Waals surface area contributed by atoms with Crippen molar-refractivity contribution in [2.75, 3.05) is 39.3 Å². The van der Waals surface area contributed by atoms with Gasteiger partial charge in [-0.25, -0.2) is 0 Å². The lowest BCUT2D eigenvalue weighted by molar-refractivity contribution is 0.192. The zero-order valence-electron chi connectivity index (χ0n) is 14.0. The zero-order valence-corrected chi connectivity index (χ0v) is 14.0. The van der Waals surface area contributed by atoms with Gasteiger partial charge in [0.15, 0.2) is 5.75 Å². The van der Waals surface area contributed by atoms with Gasteiger partial charge in [-0.15, -0.1) is 0 Å². The van der Waals surface area contributed by atoms with Crippen LogP contribution in [0.3, 0.4) is 0 Å². The average Bonchev–Trinajstić information content (AvgIpc) is 2.52. The maximum atomic E-state index is 11.7. The molecule has 0 radical (unpaired) electrons. The third kappa shape index (κ3) is 5.44. The number of nitrogens with zero attached hydrogens (tertiary/aromatic N) is 3. The first-order valence-corrected chi connectivity index (χ1v) is 8.03. The van der Waals surface area contributed by atoms with Crippen LogP contribution in [0.4, 0.5) is 0 Å². The Bertz CT molecular complexity index is 498. The van der Waals surface area contributed by atoms with Crippen LogP contribution in [0.15, 0.2) is 17.1 Å². The fourth-order valence-electron chi connectivity index (χ4n) is 2.46. The molecule has 6 heteroatoms. The summed E-state index contributed by atoms with van der Waals surface area (Å²) in [5, 5.41) is 18.8. The van der Waals surface area contributed by atoms with Gasteiger partial charge in [-0.1, -0.05) is 20.8 Å². The molecule has 1 rings (SSSR count). The molecule has 0 aliphatic heterocycles. The average molecular weight is 311 g/mol. The van der Waals surface area contributed by atoms with E-state index in [1.54, 1.807) is 0 Å². The number of pyridine rings is 1. The molecule has 0 atom stereocenters. The van der Waals surface area contributed by atoms with Gasteiger partial charge in [-0.3, -0.25) is 9.69 Å². The molecular formula is C16H29N3O3. The summed E-state index contributed by atoms with van der Waals surface area (Å²) in [6, 6.07) is 1.50. The summed E-state index contributed by atoms with van der Waals surface area (Å²) in [6.07, 6.45) is 1.52. The molecule has 2 N–H and O–H groups in total. The minimum absolute atomic E-state index is 0.0929. The molecule has 1 aromatic heterocycles. The number of rotatable bonds is 10. The van der Waals surface area contributed by atoms with Gasteiger partial charge in [0.1, 0.15) is 0 Å². The van der Waals surface area contributed by atoms with Crippen molar-refractivity contribution in [3.05, 3.63) is 28.2 Å². The van der Waals surface area contributed by atoms with Crippen LogP contribution in [0.5, 0.6) is 5.75 Å². The molecule has 1 aromatic rings. The highest BCUT2D eigenvalue weighted by Gasteiger charge is 2.10. The third-order valence-electron chi connectivity index (χ3n) is 4.00. The van der Waals surface area contributed by atoms with Gasteiger partial charge in [-0.05, 0) is 19.6 Å². The zero-order chi connectivity index (χ0) is 16.5. The normalized spacial score (nSPS) is 11.5. The highest BCUT2D eigenvalue weighted by Crippen LogP contribution is 2.09. The number of aromatic nitrogens is 1. The Hall–Kier alpha value is -1.37. The molecule has 0 aliphatic carbocycles. The SMILES string of the molecule is CCN(CC)CCn1cc(O)c(=O)cc1CN(CC)CCO. The molecule has 22 heavy (non-hydrogen) atoms. The lowest BCUT2D eigenvalue weighted by atomic mass is 10.2. The molecule has 0 bridgehead atoms. The van der Waals surface area contributed by atoms with Crippen LogP contribution in [-0.4, -0.2) is 63.9 Å². The molecular weight excluding hydrogens is 282 g/mol. The van der Waals surface area contributed by atoms with Crippen LogP contribution in [0.25, 0.3) is 0 Å². The van der Waals surface area contributed by atoms with E-state index in [0.29, 0.717) is 13.1 Å². The fourth-order valence-corrected chi connectivity index (χ4v) is 2.46. The lowest BCUT2D eigenvalue weighted by Crippen LogP contribution is -2.31. The van der Waals surface area contributed by atoms with Crippen LogP contribution < -0.4 is 5.43 Å². The fraction of sp³-hybridized carbons (Fsp3) is 0.688. The molecule has 0 aliphatic rings. The summed E-state index contributed by atoms with van der Waals surface area (Å²) in [6.45, 7) is 11.9. The van der Waals surface area contributed by atoms with Gasteiger partial charge in [0.2, 0.25) is 5.43 Å². The second-order valence-electron chi connectivity index (χ2n) is 5.33. The molecule has 0 unspecified atom stereocenters. The first-order chi connectivity index (χ1) is 10.5. The third-order valence-corrected chi connectivity index (χ3v) is 4.00. The monoisotopic (exact) mass is 311 g/mol. The van der Waals surface area contributed by atoms with Crippen molar-refractivity contribution in [1.82, 2.24) is 14.4 Å². The maximum absolute atomic E-state index is 11.7. The van der Waals surface area contributed by atoms with Crippen LogP contribution in [-0.2, 0) is 13.1 Å². The largest absolute Gasteiger partial charge is 0.503 e. The summed E-state index contributed by atoms with van der Waals surface area (Å²) in [4.78, 5) is 16.1. The molecule has 0 aromatic carbocycles. The second-order valence-corrected chi connectivity index (χ2v) is 5.33. The summed E-state index contributed by atoms with van der Waals surface area (Å²) in [5.74, 6) is -0.214. The van der Waals surface area contributed by atoms with E-state index < -0.39 is 0 Å². The van der Waals surface area contributed by atoms with E-state index in [4.69, 9.17) is 5.11 Å². The molecule has 126 valence electrons. The standard InChI is InChI=1S/C16H29N3O3/c1-4-17(5-2)7-8-19-13-16(22)15(21)11-14(19)12-18(6-3)9-10-20/h11,13,20,22H,4-10,12H2,1-3H3. The Balaban J connectivity index is 2.93. The van der Waals surface area contributed by atoms with E-state index in [1.807, 2.05) is 11.5 Å². The van der Waals surface area contributed by atoms with Gasteiger partial charge in [0.05, 0.1) is 12.8 Å². The molecule has 0 fully saturated rings. The highest BCUT2D eigenvalue weighted by atomic mass is 16.3. The highest BCUT2D eigenvalue weighted by molar-refractivity contribution is 5.20. The van der Waals surface area contributed by atoms with E-state index in [-0.39, 0.29) is 17.8 Å². The Labute approximate surface area is 132 Å². The quantitative estimate of drug-likeness (QED) is 0.666. The van der Waals surface area contributed by atoms with E-state index in [2.05, 4.69) is 23.6 Å². The van der Waals surface area contributed by atoms with Crippen LogP contribution in [0.2, 0.25) is 0 Å². The smallest absolute Gasteiger partial charge is 0.223 e. The van der Waals surface area contributed by atoms with Crippen molar-refractivity contribution in [3.8, 4) is 5.75 Å². The molecule has 1 heterocycles. The predicted octanol–water partition coefficient (Wildman–Crippen LogP) is 0.710. The van der Waals surface area contributed by atoms with E-state index in [9.17, 15) is 9.90 Å². The molecule has 6 nitrogen and oxygen atoms in total. The number of aromatic hydroxyl groups is 1. The molecule has 0 amide bonds. The summed E-state index contributed by atoms with van der Waals surface area (Å²) >= 11 is 0. The van der Waals surface area contributed by atoms with Gasteiger partial charge >= 0.3 is 0 Å². The second kappa shape index (κ2) is 9.61. The van der Waals surface area contributed by atoms with Crippen molar-refractivity contribution in [3.63, 3.8) is 0 Å². The van der Waals surface area contributed by atoms with Gasteiger partial charge in [0.25, 0.3) is 0 Å². The predicted molar refractivity (Wildman–Crippen MR) is 88.2 cm³/mol. The molecule has 0 saturated heterocycles. The summed E-state index contributed by atoms with van der Waals surface area (Å²) in [5.41, 5.74) is 0.513. The van der Waals surface area contributed by atoms with Crippen molar-refractivity contribution < 1.29 is 10.2 Å². The number of hydrogen-bond acceptors (Lipinski definition) is 5. The van der Waals surface area contributed by atoms with E-state index >= 15 is 0 Å². The van der Waals surface area contributed by atoms with Crippen molar-refractivity contribution in [1.29, 1.82) is 0 Å². The Kier molecular flexibility index (Phi) is 8.16. The first kappa shape index (κ1) is 18.7. The maximum Gasteiger partial charge on any atom is 0.223 e. The van der Waals surface area contributed by atoms with Gasteiger partial charge in [-0.2, -0.15) is 0 Å². The number of hydrogen-bond donors (Lipinski definition) is 2. The Morgan fingerprint density at radius 2 is 1.73 bits per heavy atom. The number of aliphatic hydroxyl groups is 1. The summed E-state index contributed by atoms with van der Waals surface area (Å²) in [7, 11) is 0. The van der Waals surface area contributed by atoms with Crippen molar-refractivity contribution in [2.45, 2.75) is 33.9 Å². The Morgan fingerprint density at radius 1 is 1.09 bits per heavy atom. The Morgan fingerprint density at radius 3 is 2.27 bits per heavy atom. The van der Waals surface area contributed by atoms with Crippen LogP contribution >= 0.6 is 0 Å². The molecule has 0 spiro atoms. The number of aliphatic hydroxyl groups excluding tert-OH is 1. The van der Waals surface area contributed by atoms with Gasteiger partial charge in [0, 0.05) is 37.9 Å². The first-order valence-electron chi connectivity index (χ1n) is 8.03. The van der Waals surface area contributed by atoms with Crippen molar-refractivity contribution >= 4 is 0 Å². The lowest BCUT2D eigenvalue weighted by Gasteiger charge is -2.24. The molecule has 0 saturated carbocycles. The minimum atomic E-state index is -0.353. The van der Waals surface area contributed by atoms with Gasteiger partial charge < -0.3 is 19.7 Å². The van der Waals surface area contributed by atoms with Crippen LogP contribution in [0.1, 0.15) is 26.5 Å². The minimum Gasteiger partial charge on any atom is -0.503 e. The van der Waals surface area contributed by atoms with Crippen LogP contribution in [0, 0.1) is 0 Å². The summed E-state index contributed by atoms with van der Waals surface area (Å²) < 4.78 is 1.94. The van der Waals surface area contributed by atoms with E-state index in [1.165, 1.54) is 12.3 Å².